The highest BCUT2D eigenvalue weighted by atomic mass is 16.5. The first kappa shape index (κ1) is 20.9. The van der Waals surface area contributed by atoms with Crippen molar-refractivity contribution < 1.29 is 13.9 Å². The third kappa shape index (κ3) is 4.69. The van der Waals surface area contributed by atoms with E-state index in [2.05, 4.69) is 20.6 Å². The van der Waals surface area contributed by atoms with E-state index in [9.17, 15) is 4.79 Å². The summed E-state index contributed by atoms with van der Waals surface area (Å²) < 4.78 is 11.4. The minimum atomic E-state index is -0.299. The van der Waals surface area contributed by atoms with Crippen molar-refractivity contribution in [1.82, 2.24) is 15.3 Å². The van der Waals surface area contributed by atoms with E-state index < -0.39 is 0 Å². The van der Waals surface area contributed by atoms with Crippen LogP contribution in [-0.4, -0.2) is 34.7 Å². The Hall–Kier alpha value is -3.39. The van der Waals surface area contributed by atoms with E-state index in [4.69, 9.17) is 9.15 Å². The number of anilines is 3. The minimum absolute atomic E-state index is 0.156. The van der Waals surface area contributed by atoms with E-state index in [0.29, 0.717) is 37.4 Å². The molecule has 0 saturated carbocycles. The lowest BCUT2D eigenvalue weighted by Crippen LogP contribution is -2.36. The van der Waals surface area contributed by atoms with Crippen LogP contribution in [0.2, 0.25) is 0 Å². The highest BCUT2D eigenvalue weighted by Crippen LogP contribution is 2.29. The maximum atomic E-state index is 12.3. The van der Waals surface area contributed by atoms with Gasteiger partial charge in [0.2, 0.25) is 0 Å². The van der Waals surface area contributed by atoms with Gasteiger partial charge in [-0.1, -0.05) is 12.1 Å². The Balaban J connectivity index is 1.53. The van der Waals surface area contributed by atoms with Crippen molar-refractivity contribution in [1.29, 1.82) is 0 Å². The molecule has 162 valence electrons. The molecule has 2 aromatic heterocycles. The number of ether oxygens (including phenoxy) is 1. The van der Waals surface area contributed by atoms with Gasteiger partial charge in [-0.25, -0.2) is 14.8 Å². The molecule has 0 spiro atoms. The molecule has 8 nitrogen and oxygen atoms in total. The quantitative estimate of drug-likeness (QED) is 0.578. The second-order valence-electron chi connectivity index (χ2n) is 8.24. The molecule has 2 amide bonds. The summed E-state index contributed by atoms with van der Waals surface area (Å²) >= 11 is 0. The number of amides is 2. The van der Waals surface area contributed by atoms with Crippen molar-refractivity contribution >= 4 is 23.6 Å². The van der Waals surface area contributed by atoms with E-state index >= 15 is 0 Å². The molecule has 1 fully saturated rings. The van der Waals surface area contributed by atoms with Gasteiger partial charge in [0.25, 0.3) is 6.01 Å². The van der Waals surface area contributed by atoms with Crippen molar-refractivity contribution in [3.05, 3.63) is 53.9 Å². The molecule has 1 aromatic carbocycles. The first-order chi connectivity index (χ1) is 14.8. The third-order valence-corrected chi connectivity index (χ3v) is 5.07. The summed E-state index contributed by atoms with van der Waals surface area (Å²) in [6, 6.07) is 10.0. The molecule has 1 aliphatic rings. The minimum Gasteiger partial charge on any atom is -0.423 e. The monoisotopic (exact) mass is 421 g/mol. The summed E-state index contributed by atoms with van der Waals surface area (Å²) in [5.41, 5.74) is 3.56. The smallest absolute Gasteiger partial charge is 0.323 e. The summed E-state index contributed by atoms with van der Waals surface area (Å²) in [6.45, 7) is 9.73. The van der Waals surface area contributed by atoms with Crippen molar-refractivity contribution in [3.8, 4) is 11.3 Å². The summed E-state index contributed by atoms with van der Waals surface area (Å²) in [7, 11) is 0. The molecule has 8 heteroatoms. The van der Waals surface area contributed by atoms with E-state index in [1.807, 2.05) is 58.0 Å². The largest absolute Gasteiger partial charge is 0.423 e. The van der Waals surface area contributed by atoms with E-state index in [0.717, 1.165) is 22.4 Å². The highest BCUT2D eigenvalue weighted by molar-refractivity contribution is 5.94. The molecule has 0 bridgehead atoms. The van der Waals surface area contributed by atoms with Crippen LogP contribution >= 0.6 is 0 Å². The number of hydrogen-bond donors (Lipinski definition) is 2. The predicted molar refractivity (Wildman–Crippen MR) is 119 cm³/mol. The number of nitrogens with one attached hydrogen (secondary N) is 2. The third-order valence-electron chi connectivity index (χ3n) is 5.07. The van der Waals surface area contributed by atoms with Crippen LogP contribution in [0.5, 0.6) is 0 Å². The average molecular weight is 422 g/mol. The second kappa shape index (κ2) is 8.39. The van der Waals surface area contributed by atoms with Crippen LogP contribution < -0.4 is 15.5 Å². The zero-order chi connectivity index (χ0) is 22.0. The number of carbonyl (C=O) groups excluding carboxylic acids is 1. The Kier molecular flexibility index (Phi) is 5.65. The second-order valence-corrected chi connectivity index (χ2v) is 8.24. The van der Waals surface area contributed by atoms with Crippen molar-refractivity contribution in [3.63, 3.8) is 0 Å². The number of oxazole rings is 1. The molecule has 0 atom stereocenters. The Bertz CT molecular complexity index is 1090. The Morgan fingerprint density at radius 1 is 1.26 bits per heavy atom. The molecule has 0 unspecified atom stereocenters. The predicted octanol–water partition coefficient (Wildman–Crippen LogP) is 4.63. The van der Waals surface area contributed by atoms with E-state index in [1.165, 1.54) is 0 Å². The van der Waals surface area contributed by atoms with Gasteiger partial charge >= 0.3 is 6.03 Å². The maximum absolute atomic E-state index is 12.3. The molecule has 1 saturated heterocycles. The number of aryl methyl sites for hydroxylation is 1. The van der Waals surface area contributed by atoms with E-state index in [1.54, 1.807) is 17.3 Å². The summed E-state index contributed by atoms with van der Waals surface area (Å²) in [5, 5.41) is 6.19. The zero-order valence-corrected chi connectivity index (χ0v) is 18.2. The zero-order valence-electron chi connectivity index (χ0n) is 18.2. The number of hydrogen-bond acceptors (Lipinski definition) is 6. The fourth-order valence-electron chi connectivity index (χ4n) is 3.46. The molecule has 4 rings (SSSR count). The number of aromatic nitrogens is 2. The van der Waals surface area contributed by atoms with Gasteiger partial charge in [-0.05, 0) is 57.0 Å². The number of benzene rings is 1. The number of carbonyl (C=O) groups is 1. The van der Waals surface area contributed by atoms with Gasteiger partial charge < -0.3 is 19.8 Å². The van der Waals surface area contributed by atoms with Crippen LogP contribution in [0, 0.1) is 6.92 Å². The molecular weight excluding hydrogens is 394 g/mol. The Morgan fingerprint density at radius 3 is 2.84 bits per heavy atom. The van der Waals surface area contributed by atoms with Gasteiger partial charge in [-0.3, -0.25) is 4.90 Å². The van der Waals surface area contributed by atoms with Crippen LogP contribution in [0.15, 0.2) is 47.1 Å². The maximum Gasteiger partial charge on any atom is 0.323 e. The molecule has 0 radical (unpaired) electrons. The lowest BCUT2D eigenvalue weighted by molar-refractivity contribution is 0.134. The standard InChI is InChI=1S/C23H27N5O3/c1-5-30-13-16-7-6-15(2)18(10-16)26-21-25-12-19(31-21)17-8-9-24-20(11-17)28-14-23(3,4)27-22(28)29/h6-12H,5,13-14H2,1-4H3,(H,25,26)(H,27,29). The van der Waals surface area contributed by atoms with Crippen LogP contribution in [0.25, 0.3) is 11.3 Å². The molecular formula is C23H27N5O3. The van der Waals surface area contributed by atoms with Gasteiger partial charge in [0.15, 0.2) is 5.76 Å². The van der Waals surface area contributed by atoms with Gasteiger partial charge in [0, 0.05) is 24.1 Å². The van der Waals surface area contributed by atoms with Crippen LogP contribution in [-0.2, 0) is 11.3 Å². The summed E-state index contributed by atoms with van der Waals surface area (Å²) in [5.74, 6) is 1.17. The fourth-order valence-corrected chi connectivity index (χ4v) is 3.46. The van der Waals surface area contributed by atoms with Gasteiger partial charge in [0.1, 0.15) is 5.82 Å². The molecule has 2 N–H and O–H groups in total. The summed E-state index contributed by atoms with van der Waals surface area (Å²) in [6.07, 6.45) is 3.33. The van der Waals surface area contributed by atoms with Crippen molar-refractivity contribution in [2.75, 3.05) is 23.4 Å². The van der Waals surface area contributed by atoms with Gasteiger partial charge in [0.05, 0.1) is 24.9 Å². The van der Waals surface area contributed by atoms with Crippen molar-refractivity contribution in [2.24, 2.45) is 0 Å². The molecule has 31 heavy (non-hydrogen) atoms. The lowest BCUT2D eigenvalue weighted by Gasteiger charge is -2.17. The topological polar surface area (TPSA) is 92.5 Å². The van der Waals surface area contributed by atoms with Crippen LogP contribution in [0.3, 0.4) is 0 Å². The first-order valence-electron chi connectivity index (χ1n) is 10.3. The number of nitrogens with zero attached hydrogens (tertiary/aromatic N) is 3. The lowest BCUT2D eigenvalue weighted by atomic mass is 10.1. The molecule has 0 aliphatic carbocycles. The Morgan fingerprint density at radius 2 is 2.10 bits per heavy atom. The summed E-state index contributed by atoms with van der Waals surface area (Å²) in [4.78, 5) is 22.6. The molecule has 3 aromatic rings. The number of urea groups is 1. The SMILES string of the molecule is CCOCc1ccc(C)c(Nc2ncc(-c3ccnc(N4CC(C)(C)NC4=O)c3)o2)c1. The number of rotatable bonds is 7. The van der Waals surface area contributed by atoms with Crippen LogP contribution in [0.1, 0.15) is 31.9 Å². The fraction of sp³-hybridized carbons (Fsp3) is 0.348. The molecule has 1 aliphatic heterocycles. The normalized spacial score (nSPS) is 15.2. The highest BCUT2D eigenvalue weighted by Gasteiger charge is 2.36. The van der Waals surface area contributed by atoms with Crippen molar-refractivity contribution in [2.45, 2.75) is 39.8 Å². The molecule has 3 heterocycles. The van der Waals surface area contributed by atoms with Gasteiger partial charge in [-0.2, -0.15) is 0 Å². The first-order valence-corrected chi connectivity index (χ1v) is 10.3. The number of pyridine rings is 1. The van der Waals surface area contributed by atoms with Crippen LogP contribution in [0.4, 0.5) is 22.3 Å². The Labute approximate surface area is 181 Å². The van der Waals surface area contributed by atoms with Gasteiger partial charge in [-0.15, -0.1) is 0 Å². The van der Waals surface area contributed by atoms with E-state index in [-0.39, 0.29) is 11.6 Å². The average Bonchev–Trinajstić information content (AvgIpc) is 3.31.